The van der Waals surface area contributed by atoms with Crippen LogP contribution >= 0.6 is 0 Å². The number of carbonyl (C=O) groups excluding carboxylic acids is 2. The Balaban J connectivity index is 3.15. The first-order chi connectivity index (χ1) is 13.0. The van der Waals surface area contributed by atoms with Crippen LogP contribution in [0, 0.1) is 0 Å². The molecule has 29 heavy (non-hydrogen) atoms. The Morgan fingerprint density at radius 1 is 1.10 bits per heavy atom. The Morgan fingerprint density at radius 3 is 2.03 bits per heavy atom. The maximum Gasteiger partial charge on any atom is 0.331 e. The lowest BCUT2D eigenvalue weighted by Gasteiger charge is -2.55. The summed E-state index contributed by atoms with van der Waals surface area (Å²) in [7, 11) is -6.70. The van der Waals surface area contributed by atoms with E-state index in [4.69, 9.17) is 18.0 Å². The molecule has 0 radical (unpaired) electrons. The predicted octanol–water partition coefficient (Wildman–Crippen LogP) is 4.63. The highest BCUT2D eigenvalue weighted by atomic mass is 29.3. The lowest BCUT2D eigenvalue weighted by molar-refractivity contribution is -0.143. The third kappa shape index (κ3) is 7.46. The van der Waals surface area contributed by atoms with Gasteiger partial charge in [0.15, 0.2) is 8.32 Å². The summed E-state index contributed by atoms with van der Waals surface area (Å²) in [6.07, 6.45) is 3.62. The van der Waals surface area contributed by atoms with Crippen LogP contribution < -0.4 is 0 Å². The largest absolute Gasteiger partial charge is 0.460 e. The van der Waals surface area contributed by atoms with E-state index < -0.39 is 35.9 Å². The highest BCUT2D eigenvalue weighted by molar-refractivity contribution is 7.38. The van der Waals surface area contributed by atoms with E-state index >= 15 is 0 Å². The molecule has 0 bridgehead atoms. The van der Waals surface area contributed by atoms with Crippen molar-refractivity contribution in [1.82, 2.24) is 0 Å². The van der Waals surface area contributed by atoms with Crippen molar-refractivity contribution in [3.63, 3.8) is 0 Å². The van der Waals surface area contributed by atoms with Gasteiger partial charge in [-0.25, -0.2) is 9.59 Å². The molecule has 1 heterocycles. The third-order valence-electron chi connectivity index (χ3n) is 4.99. The smallest absolute Gasteiger partial charge is 0.331 e. The molecule has 1 saturated heterocycles. The minimum absolute atomic E-state index is 0.183. The monoisotopic (exact) mass is 460 g/mol. The molecule has 1 aliphatic rings. The Bertz CT molecular complexity index is 624. The Kier molecular flexibility index (Phi) is 8.69. The van der Waals surface area contributed by atoms with Crippen molar-refractivity contribution in [3.05, 3.63) is 12.2 Å². The van der Waals surface area contributed by atoms with Gasteiger partial charge in [-0.3, -0.25) is 0 Å². The van der Waals surface area contributed by atoms with Crippen LogP contribution in [0.2, 0.25) is 38.8 Å². The van der Waals surface area contributed by atoms with Gasteiger partial charge in [0.1, 0.15) is 5.73 Å². The van der Waals surface area contributed by atoms with Crippen molar-refractivity contribution in [3.8, 4) is 0 Å². The molecule has 0 aromatic heterocycles. The molecule has 0 aliphatic carbocycles. The van der Waals surface area contributed by atoms with E-state index in [0.29, 0.717) is 6.42 Å². The first-order valence-electron chi connectivity index (χ1n) is 10.5. The summed E-state index contributed by atoms with van der Waals surface area (Å²) in [5.74, 6) is -1.08. The van der Waals surface area contributed by atoms with Gasteiger partial charge >= 0.3 is 11.9 Å². The van der Waals surface area contributed by atoms with Crippen LogP contribution in [0.5, 0.6) is 0 Å². The van der Waals surface area contributed by atoms with Crippen LogP contribution in [-0.2, 0) is 27.6 Å². The van der Waals surface area contributed by atoms with E-state index in [1.165, 1.54) is 0 Å². The molecule has 0 N–H and O–H groups in total. The van der Waals surface area contributed by atoms with Gasteiger partial charge in [0.2, 0.25) is 15.7 Å². The Morgan fingerprint density at radius 2 is 1.62 bits per heavy atom. The maximum atomic E-state index is 12.5. The number of esters is 2. The standard InChI is InChI=1S/C20H40O6Si3/c1-11-19(24-18(22)13-12-17(21)23-16(2)3)29(26-27(6,7)8)15-14-20(4,5)25-28(29,9)10/h12-13,16,19H,11,14-15H2,1-10H3. The second-order valence-electron chi connectivity index (χ2n) is 10.1. The summed E-state index contributed by atoms with van der Waals surface area (Å²) >= 11 is 0. The summed E-state index contributed by atoms with van der Waals surface area (Å²) in [6, 6.07) is 0.925. The number of hydrogen-bond acceptors (Lipinski definition) is 6. The zero-order valence-corrected chi connectivity index (χ0v) is 22.9. The Labute approximate surface area is 179 Å². The van der Waals surface area contributed by atoms with Crippen molar-refractivity contribution in [2.24, 2.45) is 0 Å². The fraction of sp³-hybridized carbons (Fsp3) is 0.800. The van der Waals surface area contributed by atoms with Crippen LogP contribution in [0.1, 0.15) is 47.5 Å². The van der Waals surface area contributed by atoms with Crippen molar-refractivity contribution in [2.75, 3.05) is 0 Å². The first-order valence-corrected chi connectivity index (χ1v) is 20.0. The molecule has 0 aromatic carbocycles. The topological polar surface area (TPSA) is 71.1 Å². The molecule has 1 aliphatic heterocycles. The highest BCUT2D eigenvalue weighted by Gasteiger charge is 2.64. The minimum Gasteiger partial charge on any atom is -0.460 e. The van der Waals surface area contributed by atoms with E-state index in [0.717, 1.165) is 24.6 Å². The maximum absolute atomic E-state index is 12.5. The van der Waals surface area contributed by atoms with Gasteiger partial charge in [-0.05, 0) is 79.3 Å². The van der Waals surface area contributed by atoms with Crippen LogP contribution in [-0.4, -0.2) is 53.4 Å². The van der Waals surface area contributed by atoms with Gasteiger partial charge in [0, 0.05) is 12.2 Å². The van der Waals surface area contributed by atoms with Crippen molar-refractivity contribution in [2.45, 2.75) is 104 Å². The molecule has 9 heteroatoms. The molecular formula is C20H40O6Si3. The summed E-state index contributed by atoms with van der Waals surface area (Å²) in [4.78, 5) is 24.2. The minimum atomic E-state index is -2.52. The molecule has 1 rings (SSSR count). The lowest BCUT2D eigenvalue weighted by Crippen LogP contribution is -2.76. The molecule has 2 atom stereocenters. The fourth-order valence-electron chi connectivity index (χ4n) is 4.05. The third-order valence-corrected chi connectivity index (χ3v) is 23.6. The number of carbonyl (C=O) groups is 2. The van der Waals surface area contributed by atoms with Gasteiger partial charge in [0.05, 0.1) is 11.7 Å². The molecule has 0 amide bonds. The number of ether oxygens (including phenoxy) is 2. The van der Waals surface area contributed by atoms with E-state index in [-0.39, 0.29) is 17.4 Å². The SMILES string of the molecule is CCC(OC(=O)C=CC(=O)OC(C)C)[Si]1(O[Si](C)(C)C)CCC(C)(C)O[Si]1(C)C. The average molecular weight is 461 g/mol. The van der Waals surface area contributed by atoms with Crippen LogP contribution in [0.25, 0.3) is 0 Å². The molecule has 0 aromatic rings. The van der Waals surface area contributed by atoms with Gasteiger partial charge in [-0.1, -0.05) is 6.92 Å². The summed E-state index contributed by atoms with van der Waals surface area (Å²) in [6.45, 7) is 20.8. The first kappa shape index (κ1) is 26.3. The second kappa shape index (κ2) is 9.59. The number of rotatable bonds is 8. The van der Waals surface area contributed by atoms with Crippen LogP contribution in [0.15, 0.2) is 12.2 Å². The summed E-state index contributed by atoms with van der Waals surface area (Å²) in [5, 5.41) is 0. The quantitative estimate of drug-likeness (QED) is 0.299. The second-order valence-corrected chi connectivity index (χ2v) is 27.5. The van der Waals surface area contributed by atoms with Gasteiger partial charge in [-0.2, -0.15) is 0 Å². The van der Waals surface area contributed by atoms with E-state index in [9.17, 15) is 9.59 Å². The predicted molar refractivity (Wildman–Crippen MR) is 123 cm³/mol. The number of hydrogen-bond donors (Lipinski definition) is 0. The molecule has 0 spiro atoms. The molecule has 2 unspecified atom stereocenters. The van der Waals surface area contributed by atoms with Gasteiger partial charge in [-0.15, -0.1) is 0 Å². The van der Waals surface area contributed by atoms with Crippen LogP contribution in [0.3, 0.4) is 0 Å². The average Bonchev–Trinajstić information content (AvgIpc) is 2.51. The van der Waals surface area contributed by atoms with Gasteiger partial charge in [0.25, 0.3) is 0 Å². The van der Waals surface area contributed by atoms with Gasteiger partial charge < -0.3 is 18.0 Å². The van der Waals surface area contributed by atoms with Crippen molar-refractivity contribution < 1.29 is 27.6 Å². The Hall–Kier alpha value is -0.749. The normalized spacial score (nSPS) is 25.1. The summed E-state index contributed by atoms with van der Waals surface area (Å²) < 4.78 is 24.5. The van der Waals surface area contributed by atoms with Crippen molar-refractivity contribution >= 4 is 35.9 Å². The lowest BCUT2D eigenvalue weighted by atomic mass is 10.1. The molecule has 0 saturated carbocycles. The zero-order valence-electron chi connectivity index (χ0n) is 19.9. The summed E-state index contributed by atoms with van der Waals surface area (Å²) in [5.41, 5.74) is -0.483. The fourth-order valence-corrected chi connectivity index (χ4v) is 27.2. The van der Waals surface area contributed by atoms with E-state index in [2.05, 4.69) is 46.6 Å². The highest BCUT2D eigenvalue weighted by Crippen LogP contribution is 2.44. The van der Waals surface area contributed by atoms with Crippen molar-refractivity contribution in [1.29, 1.82) is 0 Å². The molecule has 1 fully saturated rings. The molecule has 6 nitrogen and oxygen atoms in total. The molecular weight excluding hydrogens is 420 g/mol. The van der Waals surface area contributed by atoms with E-state index in [1.807, 2.05) is 6.92 Å². The van der Waals surface area contributed by atoms with E-state index in [1.54, 1.807) is 13.8 Å². The zero-order chi connectivity index (χ0) is 22.7. The van der Waals surface area contributed by atoms with Crippen LogP contribution in [0.4, 0.5) is 0 Å². The molecule has 168 valence electrons.